The molecule has 0 fully saturated rings. The van der Waals surface area contributed by atoms with Gasteiger partial charge in [0.05, 0.1) is 7.11 Å². The summed E-state index contributed by atoms with van der Waals surface area (Å²) < 4.78 is 10.8. The molecule has 2 aromatic carbocycles. The quantitative estimate of drug-likeness (QED) is 0.567. The van der Waals surface area contributed by atoms with Crippen molar-refractivity contribution in [2.45, 2.75) is 6.92 Å². The van der Waals surface area contributed by atoms with Crippen LogP contribution >= 0.6 is 11.6 Å². The number of methoxy groups -OCH3 is 1. The molecule has 25 heavy (non-hydrogen) atoms. The predicted octanol–water partition coefficient (Wildman–Crippen LogP) is 4.87. The number of hydrogen-bond acceptors (Lipinski definition) is 3. The van der Waals surface area contributed by atoms with Crippen molar-refractivity contribution in [1.29, 1.82) is 0 Å². The zero-order valence-electron chi connectivity index (χ0n) is 14.2. The Bertz CT molecular complexity index is 800. The first-order valence-corrected chi connectivity index (χ1v) is 8.09. The maximum absolute atomic E-state index is 12.1. The fourth-order valence-electron chi connectivity index (χ4n) is 2.14. The molecule has 0 saturated carbocycles. The summed E-state index contributed by atoms with van der Waals surface area (Å²) in [5.74, 6) is 0.977. The SMILES string of the molecule is C=CCOc1ccc(/C=C/C(=O)Nc2cccc(Cl)c2C)cc1OC. The number of carbonyl (C=O) groups is 1. The standard InChI is InChI=1S/C20H20ClNO3/c1-4-12-25-18-10-8-15(13-19(18)24-3)9-11-20(23)22-17-7-5-6-16(21)14(17)2/h4-11,13H,1,12H2,2-3H3,(H,22,23)/b11-9+. The van der Waals surface area contributed by atoms with Gasteiger partial charge in [0.2, 0.25) is 5.91 Å². The third kappa shape index (κ3) is 5.13. The van der Waals surface area contributed by atoms with Gasteiger partial charge in [0, 0.05) is 16.8 Å². The Hall–Kier alpha value is -2.72. The van der Waals surface area contributed by atoms with Crippen LogP contribution in [0.15, 0.2) is 55.1 Å². The zero-order valence-corrected chi connectivity index (χ0v) is 15.0. The molecule has 0 radical (unpaired) electrons. The molecule has 0 aliphatic carbocycles. The molecule has 0 bridgehead atoms. The van der Waals surface area contributed by atoms with Gasteiger partial charge >= 0.3 is 0 Å². The van der Waals surface area contributed by atoms with E-state index in [4.69, 9.17) is 21.1 Å². The van der Waals surface area contributed by atoms with Gasteiger partial charge in [0.1, 0.15) is 6.61 Å². The topological polar surface area (TPSA) is 47.6 Å². The Kier molecular flexibility index (Phi) is 6.66. The van der Waals surface area contributed by atoms with Crippen molar-refractivity contribution in [2.75, 3.05) is 19.0 Å². The summed E-state index contributed by atoms with van der Waals surface area (Å²) in [6.45, 7) is 5.87. The fourth-order valence-corrected chi connectivity index (χ4v) is 2.32. The molecular formula is C20H20ClNO3. The third-order valence-corrected chi connectivity index (χ3v) is 3.91. The first kappa shape index (κ1) is 18.6. The van der Waals surface area contributed by atoms with Crippen molar-refractivity contribution in [3.8, 4) is 11.5 Å². The molecule has 0 atom stereocenters. The lowest BCUT2D eigenvalue weighted by Gasteiger charge is -2.10. The number of carbonyl (C=O) groups excluding carboxylic acids is 1. The van der Waals surface area contributed by atoms with Crippen LogP contribution in [-0.4, -0.2) is 19.6 Å². The molecule has 1 amide bonds. The van der Waals surface area contributed by atoms with Crippen LogP contribution in [0.2, 0.25) is 5.02 Å². The lowest BCUT2D eigenvalue weighted by molar-refractivity contribution is -0.111. The van der Waals surface area contributed by atoms with E-state index >= 15 is 0 Å². The maximum atomic E-state index is 12.1. The van der Waals surface area contributed by atoms with Crippen molar-refractivity contribution in [3.05, 3.63) is 71.3 Å². The van der Waals surface area contributed by atoms with Crippen molar-refractivity contribution < 1.29 is 14.3 Å². The van der Waals surface area contributed by atoms with Gasteiger partial charge in [-0.3, -0.25) is 4.79 Å². The van der Waals surface area contributed by atoms with Gasteiger partial charge in [0.25, 0.3) is 0 Å². The zero-order chi connectivity index (χ0) is 18.2. The summed E-state index contributed by atoms with van der Waals surface area (Å²) in [5.41, 5.74) is 2.34. The molecule has 0 spiro atoms. The molecular weight excluding hydrogens is 338 g/mol. The normalized spacial score (nSPS) is 10.5. The number of benzene rings is 2. The molecule has 5 heteroatoms. The largest absolute Gasteiger partial charge is 0.493 e. The Morgan fingerprint density at radius 2 is 2.08 bits per heavy atom. The van der Waals surface area contributed by atoms with Crippen LogP contribution in [0.25, 0.3) is 6.08 Å². The summed E-state index contributed by atoms with van der Waals surface area (Å²) in [6.07, 6.45) is 4.82. The first-order chi connectivity index (χ1) is 12.0. The van der Waals surface area contributed by atoms with Gasteiger partial charge < -0.3 is 14.8 Å². The van der Waals surface area contributed by atoms with Gasteiger partial charge in [-0.05, 0) is 48.4 Å². The summed E-state index contributed by atoms with van der Waals surface area (Å²) in [5, 5.41) is 3.42. The van der Waals surface area contributed by atoms with Crippen LogP contribution in [0, 0.1) is 6.92 Å². The molecule has 0 unspecified atom stereocenters. The number of anilines is 1. The van der Waals surface area contributed by atoms with Crippen LogP contribution in [0.5, 0.6) is 11.5 Å². The average Bonchev–Trinajstić information content (AvgIpc) is 2.62. The van der Waals surface area contributed by atoms with Crippen LogP contribution in [-0.2, 0) is 4.79 Å². The summed E-state index contributed by atoms with van der Waals surface area (Å²) >= 11 is 6.05. The van der Waals surface area contributed by atoms with Crippen LogP contribution in [0.4, 0.5) is 5.69 Å². The number of ether oxygens (including phenoxy) is 2. The van der Waals surface area contributed by atoms with Crippen LogP contribution in [0.1, 0.15) is 11.1 Å². The van der Waals surface area contributed by atoms with Crippen LogP contribution in [0.3, 0.4) is 0 Å². The summed E-state index contributed by atoms with van der Waals surface area (Å²) in [4.78, 5) is 12.1. The van der Waals surface area contributed by atoms with E-state index < -0.39 is 0 Å². The molecule has 0 aromatic heterocycles. The monoisotopic (exact) mass is 357 g/mol. The first-order valence-electron chi connectivity index (χ1n) is 7.71. The number of halogens is 1. The van der Waals surface area contributed by atoms with Crippen molar-refractivity contribution >= 4 is 29.3 Å². The Morgan fingerprint density at radius 3 is 2.80 bits per heavy atom. The number of hydrogen-bond donors (Lipinski definition) is 1. The van der Waals surface area contributed by atoms with E-state index in [2.05, 4.69) is 11.9 Å². The maximum Gasteiger partial charge on any atom is 0.248 e. The van der Waals surface area contributed by atoms with Crippen LogP contribution < -0.4 is 14.8 Å². The van der Waals surface area contributed by atoms with Gasteiger partial charge in [-0.25, -0.2) is 0 Å². The molecule has 0 aliphatic rings. The van der Waals surface area contributed by atoms with Crippen molar-refractivity contribution in [3.63, 3.8) is 0 Å². The van der Waals surface area contributed by atoms with Crippen molar-refractivity contribution in [2.24, 2.45) is 0 Å². The van der Waals surface area contributed by atoms with E-state index in [1.165, 1.54) is 6.08 Å². The highest BCUT2D eigenvalue weighted by atomic mass is 35.5. The summed E-state index contributed by atoms with van der Waals surface area (Å²) in [6, 6.07) is 10.8. The summed E-state index contributed by atoms with van der Waals surface area (Å²) in [7, 11) is 1.57. The van der Waals surface area contributed by atoms with E-state index in [0.717, 1.165) is 11.1 Å². The minimum Gasteiger partial charge on any atom is -0.493 e. The Morgan fingerprint density at radius 1 is 1.28 bits per heavy atom. The molecule has 0 aliphatic heterocycles. The lowest BCUT2D eigenvalue weighted by Crippen LogP contribution is -2.09. The minimum absolute atomic E-state index is 0.240. The van der Waals surface area contributed by atoms with Gasteiger partial charge in [0.15, 0.2) is 11.5 Å². The second-order valence-corrected chi connectivity index (χ2v) is 5.65. The average molecular weight is 358 g/mol. The second-order valence-electron chi connectivity index (χ2n) is 5.24. The lowest BCUT2D eigenvalue weighted by atomic mass is 10.1. The van der Waals surface area contributed by atoms with Gasteiger partial charge in [-0.2, -0.15) is 0 Å². The van der Waals surface area contributed by atoms with Crippen molar-refractivity contribution in [1.82, 2.24) is 0 Å². The third-order valence-electron chi connectivity index (χ3n) is 3.50. The molecule has 0 heterocycles. The van der Waals surface area contributed by atoms with E-state index in [9.17, 15) is 4.79 Å². The van der Waals surface area contributed by atoms with Gasteiger partial charge in [-0.1, -0.05) is 36.4 Å². The molecule has 0 saturated heterocycles. The number of amides is 1. The molecule has 2 aromatic rings. The predicted molar refractivity (Wildman–Crippen MR) is 103 cm³/mol. The molecule has 4 nitrogen and oxygen atoms in total. The smallest absolute Gasteiger partial charge is 0.248 e. The molecule has 2 rings (SSSR count). The highest BCUT2D eigenvalue weighted by molar-refractivity contribution is 6.31. The van der Waals surface area contributed by atoms with E-state index in [1.807, 2.05) is 19.1 Å². The number of nitrogens with one attached hydrogen (secondary N) is 1. The molecule has 1 N–H and O–H groups in total. The molecule has 130 valence electrons. The fraction of sp³-hybridized carbons (Fsp3) is 0.150. The van der Waals surface area contributed by atoms with E-state index in [1.54, 1.807) is 43.5 Å². The minimum atomic E-state index is -0.240. The van der Waals surface area contributed by atoms with E-state index in [-0.39, 0.29) is 5.91 Å². The second kappa shape index (κ2) is 8.94. The van der Waals surface area contributed by atoms with Gasteiger partial charge in [-0.15, -0.1) is 0 Å². The van der Waals surface area contributed by atoms with E-state index in [0.29, 0.717) is 28.8 Å². The Balaban J connectivity index is 2.09. The highest BCUT2D eigenvalue weighted by Crippen LogP contribution is 2.28. The number of rotatable bonds is 7. The highest BCUT2D eigenvalue weighted by Gasteiger charge is 2.06. The Labute approximate surface area is 152 Å².